The first-order chi connectivity index (χ1) is 16.3. The fraction of sp³-hybridized carbons (Fsp3) is 0.360. The lowest BCUT2D eigenvalue weighted by Crippen LogP contribution is -2.50. The maximum Gasteiger partial charge on any atom is 0.329 e. The van der Waals surface area contributed by atoms with Crippen LogP contribution in [0.15, 0.2) is 42.5 Å². The third-order valence-electron chi connectivity index (χ3n) is 6.21. The molecular formula is C25H27N3O6. The van der Waals surface area contributed by atoms with Gasteiger partial charge in [-0.05, 0) is 50.2 Å². The zero-order valence-electron chi connectivity index (χ0n) is 19.4. The highest BCUT2D eigenvalue weighted by atomic mass is 16.5. The number of nitrogens with zero attached hydrogens (tertiary/aromatic N) is 3. The van der Waals surface area contributed by atoms with Gasteiger partial charge in [0.15, 0.2) is 6.61 Å². The summed E-state index contributed by atoms with van der Waals surface area (Å²) in [5.74, 6) is -1.39. The molecule has 2 aliphatic heterocycles. The number of anilines is 1. The number of hydrogen-bond donors (Lipinski definition) is 0. The second-order valence-electron chi connectivity index (χ2n) is 8.38. The molecule has 0 aromatic heterocycles. The second kappa shape index (κ2) is 9.54. The Morgan fingerprint density at radius 2 is 1.59 bits per heavy atom. The molecule has 0 N–H and O–H groups in total. The topological polar surface area (TPSA) is 96.5 Å². The lowest BCUT2D eigenvalue weighted by molar-refractivity contribution is -0.154. The fourth-order valence-electron chi connectivity index (χ4n) is 4.18. The first kappa shape index (κ1) is 23.3. The van der Waals surface area contributed by atoms with Gasteiger partial charge in [0.25, 0.3) is 17.7 Å². The molecule has 2 aliphatic rings. The number of imide groups is 1. The van der Waals surface area contributed by atoms with Crippen molar-refractivity contribution in [2.24, 2.45) is 0 Å². The van der Waals surface area contributed by atoms with E-state index < -0.39 is 30.4 Å². The Kier molecular flexibility index (Phi) is 6.54. The van der Waals surface area contributed by atoms with E-state index in [1.807, 2.05) is 31.2 Å². The number of rotatable bonds is 6. The van der Waals surface area contributed by atoms with Crippen LogP contribution in [0.5, 0.6) is 5.75 Å². The normalized spacial score (nSPS) is 16.4. The molecule has 4 rings (SSSR count). The molecule has 0 spiro atoms. The predicted molar refractivity (Wildman–Crippen MR) is 124 cm³/mol. The third-order valence-corrected chi connectivity index (χ3v) is 6.21. The van der Waals surface area contributed by atoms with Crippen LogP contribution in [-0.4, -0.2) is 79.4 Å². The molecule has 0 saturated carbocycles. The Hall–Kier alpha value is -3.88. The van der Waals surface area contributed by atoms with Crippen molar-refractivity contribution in [3.8, 4) is 5.75 Å². The van der Waals surface area contributed by atoms with Crippen LogP contribution in [0, 0.1) is 6.92 Å². The smallest absolute Gasteiger partial charge is 0.329 e. The minimum Gasteiger partial charge on any atom is -0.497 e. The van der Waals surface area contributed by atoms with Crippen molar-refractivity contribution in [2.75, 3.05) is 44.8 Å². The average Bonchev–Trinajstić information content (AvgIpc) is 3.10. The third kappa shape index (κ3) is 4.46. The van der Waals surface area contributed by atoms with Crippen LogP contribution in [0.3, 0.4) is 0 Å². The Balaban J connectivity index is 1.28. The summed E-state index contributed by atoms with van der Waals surface area (Å²) in [7, 11) is 1.62. The number of aryl methyl sites for hydroxylation is 1. The molecule has 0 bridgehead atoms. The Morgan fingerprint density at radius 1 is 0.941 bits per heavy atom. The van der Waals surface area contributed by atoms with Crippen LogP contribution in [0.2, 0.25) is 0 Å². The van der Waals surface area contributed by atoms with Gasteiger partial charge < -0.3 is 19.3 Å². The minimum atomic E-state index is -1.13. The highest BCUT2D eigenvalue weighted by Crippen LogP contribution is 2.26. The molecule has 1 fully saturated rings. The van der Waals surface area contributed by atoms with E-state index >= 15 is 0 Å². The zero-order chi connectivity index (χ0) is 24.4. The highest BCUT2D eigenvalue weighted by Gasteiger charge is 2.41. The summed E-state index contributed by atoms with van der Waals surface area (Å²) < 4.78 is 10.4. The Labute approximate surface area is 197 Å². The predicted octanol–water partition coefficient (Wildman–Crippen LogP) is 1.88. The molecule has 3 amide bonds. The summed E-state index contributed by atoms with van der Waals surface area (Å²) in [5, 5.41) is 0. The quantitative estimate of drug-likeness (QED) is 0.475. The number of amides is 3. The van der Waals surface area contributed by atoms with Crippen molar-refractivity contribution in [3.63, 3.8) is 0 Å². The van der Waals surface area contributed by atoms with Crippen LogP contribution in [-0.2, 0) is 14.3 Å². The van der Waals surface area contributed by atoms with E-state index in [-0.39, 0.29) is 17.0 Å². The van der Waals surface area contributed by atoms with Crippen LogP contribution < -0.4 is 9.64 Å². The van der Waals surface area contributed by atoms with Crippen LogP contribution in [0.1, 0.15) is 33.2 Å². The standard InChI is InChI=1S/C25H27N3O6/c1-16-4-9-20-21(14-16)24(31)28(23(20)30)17(2)25(32)34-15-22(29)27-12-10-26(11-13-27)18-5-7-19(33-3)8-6-18/h4-9,14,17H,10-13,15H2,1-3H3. The SMILES string of the molecule is COc1ccc(N2CCN(C(=O)COC(=O)C(C)N3C(=O)c4ccc(C)cc4C3=O)CC2)cc1. The summed E-state index contributed by atoms with van der Waals surface area (Å²) in [6, 6.07) is 11.5. The number of fused-ring (bicyclic) bond motifs is 1. The zero-order valence-corrected chi connectivity index (χ0v) is 19.4. The van der Waals surface area contributed by atoms with E-state index in [1.54, 1.807) is 30.2 Å². The molecule has 1 atom stereocenters. The van der Waals surface area contributed by atoms with Gasteiger partial charge in [0.05, 0.1) is 18.2 Å². The molecule has 9 nitrogen and oxygen atoms in total. The fourth-order valence-corrected chi connectivity index (χ4v) is 4.18. The van der Waals surface area contributed by atoms with Gasteiger partial charge in [-0.25, -0.2) is 4.79 Å². The molecule has 2 aromatic rings. The number of benzene rings is 2. The van der Waals surface area contributed by atoms with Gasteiger partial charge >= 0.3 is 5.97 Å². The molecule has 1 unspecified atom stereocenters. The molecule has 34 heavy (non-hydrogen) atoms. The molecule has 0 radical (unpaired) electrons. The van der Waals surface area contributed by atoms with Crippen LogP contribution in [0.25, 0.3) is 0 Å². The van der Waals surface area contributed by atoms with Gasteiger partial charge in [-0.2, -0.15) is 0 Å². The second-order valence-corrected chi connectivity index (χ2v) is 8.38. The van der Waals surface area contributed by atoms with Gasteiger partial charge in [0, 0.05) is 31.9 Å². The van der Waals surface area contributed by atoms with Crippen molar-refractivity contribution in [1.29, 1.82) is 0 Å². The number of piperazine rings is 1. The van der Waals surface area contributed by atoms with E-state index in [0.29, 0.717) is 26.2 Å². The molecule has 1 saturated heterocycles. The number of carbonyl (C=O) groups is 4. The van der Waals surface area contributed by atoms with Gasteiger partial charge in [-0.15, -0.1) is 0 Å². The lowest BCUT2D eigenvalue weighted by atomic mass is 10.1. The summed E-state index contributed by atoms with van der Waals surface area (Å²) in [6.45, 7) is 5.10. The number of ether oxygens (including phenoxy) is 2. The van der Waals surface area contributed by atoms with Gasteiger partial charge in [-0.1, -0.05) is 11.6 Å². The summed E-state index contributed by atoms with van der Waals surface area (Å²) in [6.07, 6.45) is 0. The van der Waals surface area contributed by atoms with Gasteiger partial charge in [-0.3, -0.25) is 19.3 Å². The van der Waals surface area contributed by atoms with E-state index in [1.165, 1.54) is 6.92 Å². The number of esters is 1. The van der Waals surface area contributed by atoms with Crippen LogP contribution in [0.4, 0.5) is 5.69 Å². The number of carbonyl (C=O) groups excluding carboxylic acids is 4. The van der Waals surface area contributed by atoms with E-state index in [9.17, 15) is 19.2 Å². The monoisotopic (exact) mass is 465 g/mol. The van der Waals surface area contributed by atoms with Crippen molar-refractivity contribution < 1.29 is 28.7 Å². The molecule has 2 heterocycles. The van der Waals surface area contributed by atoms with Crippen molar-refractivity contribution in [2.45, 2.75) is 19.9 Å². The first-order valence-electron chi connectivity index (χ1n) is 11.1. The highest BCUT2D eigenvalue weighted by molar-refractivity contribution is 6.22. The molecule has 9 heteroatoms. The minimum absolute atomic E-state index is 0.265. The van der Waals surface area contributed by atoms with Gasteiger partial charge in [0.2, 0.25) is 0 Å². The molecule has 178 valence electrons. The largest absolute Gasteiger partial charge is 0.497 e. The number of methoxy groups -OCH3 is 1. The molecule has 0 aliphatic carbocycles. The molecular weight excluding hydrogens is 438 g/mol. The summed E-state index contributed by atoms with van der Waals surface area (Å²) in [5.41, 5.74) is 2.43. The maximum absolute atomic E-state index is 12.7. The maximum atomic E-state index is 12.7. The summed E-state index contributed by atoms with van der Waals surface area (Å²) >= 11 is 0. The van der Waals surface area contributed by atoms with Crippen LogP contribution >= 0.6 is 0 Å². The van der Waals surface area contributed by atoms with E-state index in [2.05, 4.69) is 4.90 Å². The van der Waals surface area contributed by atoms with Crippen molar-refractivity contribution in [1.82, 2.24) is 9.80 Å². The van der Waals surface area contributed by atoms with Crippen molar-refractivity contribution >= 4 is 29.4 Å². The Bertz CT molecular complexity index is 1120. The number of hydrogen-bond acceptors (Lipinski definition) is 7. The summed E-state index contributed by atoms with van der Waals surface area (Å²) in [4.78, 5) is 55.2. The lowest BCUT2D eigenvalue weighted by Gasteiger charge is -2.36. The molecule has 2 aromatic carbocycles. The Morgan fingerprint density at radius 3 is 2.24 bits per heavy atom. The van der Waals surface area contributed by atoms with E-state index in [4.69, 9.17) is 9.47 Å². The first-order valence-corrected chi connectivity index (χ1v) is 11.1. The van der Waals surface area contributed by atoms with Crippen molar-refractivity contribution in [3.05, 3.63) is 59.2 Å². The van der Waals surface area contributed by atoms with Gasteiger partial charge in [0.1, 0.15) is 11.8 Å². The average molecular weight is 466 g/mol. The van der Waals surface area contributed by atoms with E-state index in [0.717, 1.165) is 21.9 Å².